The van der Waals surface area contributed by atoms with E-state index in [9.17, 15) is 9.59 Å². The van der Waals surface area contributed by atoms with Gasteiger partial charge in [-0.2, -0.15) is 0 Å². The zero-order valence-corrected chi connectivity index (χ0v) is 14.9. The lowest BCUT2D eigenvalue weighted by Crippen LogP contribution is -2.45. The van der Waals surface area contributed by atoms with E-state index in [2.05, 4.69) is 27.6 Å². The fourth-order valence-electron chi connectivity index (χ4n) is 4.04. The van der Waals surface area contributed by atoms with Gasteiger partial charge in [0.25, 0.3) is 5.56 Å². The molecule has 0 amide bonds. The van der Waals surface area contributed by atoms with Gasteiger partial charge in [0.15, 0.2) is 12.0 Å². The lowest BCUT2D eigenvalue weighted by molar-refractivity contribution is -0.228. The van der Waals surface area contributed by atoms with Crippen LogP contribution in [0.2, 0.25) is 0 Å². The maximum Gasteiger partial charge on any atom is 0.330 e. The molecule has 4 rings (SSSR count). The van der Waals surface area contributed by atoms with Crippen molar-refractivity contribution in [3.05, 3.63) is 33.1 Å². The van der Waals surface area contributed by atoms with E-state index in [0.29, 0.717) is 0 Å². The molecule has 3 fully saturated rings. The van der Waals surface area contributed by atoms with E-state index in [1.54, 1.807) is 0 Å². The third kappa shape index (κ3) is 2.33. The van der Waals surface area contributed by atoms with Gasteiger partial charge in [-0.3, -0.25) is 14.3 Å². The molecule has 3 aliphatic rings. The molecule has 23 heavy (non-hydrogen) atoms. The average molecular weight is 434 g/mol. The number of alkyl halides is 1. The van der Waals surface area contributed by atoms with Crippen LogP contribution in [0, 0.1) is 0 Å². The lowest BCUT2D eigenvalue weighted by Gasteiger charge is -2.31. The van der Waals surface area contributed by atoms with Gasteiger partial charge in [-0.15, -0.1) is 0 Å². The summed E-state index contributed by atoms with van der Waals surface area (Å²) in [5, 5.41) is 0. The highest BCUT2D eigenvalue weighted by atomic mass is 127. The van der Waals surface area contributed by atoms with Gasteiger partial charge in [0.1, 0.15) is 11.7 Å². The molecular formula is C15H19IN2O5. The van der Waals surface area contributed by atoms with Gasteiger partial charge in [-0.05, 0) is 19.8 Å². The molecule has 1 aliphatic carbocycles. The molecule has 1 N–H and O–H groups in total. The van der Waals surface area contributed by atoms with Crippen LogP contribution in [-0.4, -0.2) is 37.6 Å². The summed E-state index contributed by atoms with van der Waals surface area (Å²) in [6.07, 6.45) is 4.40. The maximum absolute atomic E-state index is 12.2. The topological polar surface area (TPSA) is 82.6 Å². The summed E-state index contributed by atoms with van der Waals surface area (Å²) in [5.74, 6) is -0.544. The number of ether oxygens (including phenoxy) is 3. The minimum atomic E-state index is -0.748. The summed E-state index contributed by atoms with van der Waals surface area (Å²) in [6, 6.07) is 1.32. The SMILES string of the molecule is C[C@@]12OC3(CCCC3)O[C@@H]1[C@@H](CI)O[C@H]2n1ccc(=O)[nH]c1=O. The highest BCUT2D eigenvalue weighted by molar-refractivity contribution is 14.1. The minimum absolute atomic E-state index is 0.149. The van der Waals surface area contributed by atoms with E-state index in [1.807, 2.05) is 6.92 Å². The van der Waals surface area contributed by atoms with E-state index >= 15 is 0 Å². The average Bonchev–Trinajstić information content (AvgIpc) is 3.13. The Morgan fingerprint density at radius 3 is 2.78 bits per heavy atom. The number of nitrogens with zero attached hydrogens (tertiary/aromatic N) is 1. The summed E-state index contributed by atoms with van der Waals surface area (Å²) in [5.41, 5.74) is -1.66. The van der Waals surface area contributed by atoms with E-state index in [-0.39, 0.29) is 12.2 Å². The van der Waals surface area contributed by atoms with Gasteiger partial charge in [0, 0.05) is 29.5 Å². The van der Waals surface area contributed by atoms with Gasteiger partial charge in [0.05, 0.1) is 6.10 Å². The molecule has 1 spiro atoms. The molecule has 1 aromatic rings. The second kappa shape index (κ2) is 5.40. The Labute approximate surface area is 146 Å². The molecule has 0 aromatic carbocycles. The predicted molar refractivity (Wildman–Crippen MR) is 89.7 cm³/mol. The highest BCUT2D eigenvalue weighted by Gasteiger charge is 2.66. The third-order valence-corrected chi connectivity index (χ3v) is 5.93. The predicted octanol–water partition coefficient (Wildman–Crippen LogP) is 1.31. The summed E-state index contributed by atoms with van der Waals surface area (Å²) >= 11 is 2.26. The maximum atomic E-state index is 12.2. The number of H-pyrrole nitrogens is 1. The molecule has 2 saturated heterocycles. The van der Waals surface area contributed by atoms with Crippen molar-refractivity contribution in [2.75, 3.05) is 4.43 Å². The van der Waals surface area contributed by atoms with Crippen molar-refractivity contribution in [1.82, 2.24) is 9.55 Å². The van der Waals surface area contributed by atoms with Crippen LogP contribution >= 0.6 is 22.6 Å². The summed E-state index contributed by atoms with van der Waals surface area (Å²) in [6.45, 7) is 1.94. The van der Waals surface area contributed by atoms with Crippen molar-refractivity contribution in [2.45, 2.75) is 62.4 Å². The Morgan fingerprint density at radius 1 is 1.39 bits per heavy atom. The van der Waals surface area contributed by atoms with Crippen molar-refractivity contribution < 1.29 is 14.2 Å². The Morgan fingerprint density at radius 2 is 2.13 bits per heavy atom. The van der Waals surface area contributed by atoms with Crippen LogP contribution in [0.4, 0.5) is 0 Å². The lowest BCUT2D eigenvalue weighted by atomic mass is 9.97. The molecule has 7 nitrogen and oxygen atoms in total. The number of fused-ring (bicyclic) bond motifs is 1. The van der Waals surface area contributed by atoms with Crippen molar-refractivity contribution in [1.29, 1.82) is 0 Å². The number of aromatic amines is 1. The van der Waals surface area contributed by atoms with Crippen molar-refractivity contribution in [3.63, 3.8) is 0 Å². The van der Waals surface area contributed by atoms with Gasteiger partial charge >= 0.3 is 5.69 Å². The molecular weight excluding hydrogens is 415 g/mol. The number of hydrogen-bond donors (Lipinski definition) is 1. The molecule has 3 heterocycles. The number of rotatable bonds is 2. The number of aromatic nitrogens is 2. The van der Waals surface area contributed by atoms with E-state index in [1.165, 1.54) is 16.8 Å². The first-order chi connectivity index (χ1) is 11.0. The van der Waals surface area contributed by atoms with Crippen molar-refractivity contribution >= 4 is 22.6 Å². The molecule has 8 heteroatoms. The minimum Gasteiger partial charge on any atom is -0.348 e. The Balaban J connectivity index is 1.76. The van der Waals surface area contributed by atoms with Crippen LogP contribution in [-0.2, 0) is 14.2 Å². The van der Waals surface area contributed by atoms with Crippen LogP contribution in [0.5, 0.6) is 0 Å². The second-order valence-electron chi connectivity index (χ2n) is 6.64. The molecule has 1 saturated carbocycles. The standard InChI is InChI=1S/C15H19IN2O5/c1-14-11(22-15(23-14)5-2-3-6-15)9(8-16)21-12(14)18-7-4-10(19)17-13(18)20/h4,7,9,11-12H,2-3,5-6,8H2,1H3,(H,17,19,20)/t9-,11-,12-,14-/m1/s1. The van der Waals surface area contributed by atoms with Crippen LogP contribution in [0.25, 0.3) is 0 Å². The number of halogens is 1. The molecule has 2 aliphatic heterocycles. The first-order valence-electron chi connectivity index (χ1n) is 7.88. The molecule has 126 valence electrons. The zero-order valence-electron chi connectivity index (χ0n) is 12.8. The van der Waals surface area contributed by atoms with Gasteiger partial charge in [0.2, 0.25) is 0 Å². The first-order valence-corrected chi connectivity index (χ1v) is 9.41. The Hall–Kier alpha value is -0.710. The summed E-state index contributed by atoms with van der Waals surface area (Å²) in [4.78, 5) is 25.8. The van der Waals surface area contributed by atoms with Crippen LogP contribution in [0.3, 0.4) is 0 Å². The number of hydrogen-bond acceptors (Lipinski definition) is 5. The largest absolute Gasteiger partial charge is 0.348 e. The fraction of sp³-hybridized carbons (Fsp3) is 0.733. The second-order valence-corrected chi connectivity index (χ2v) is 7.52. The molecule has 4 atom stereocenters. The van der Waals surface area contributed by atoms with Crippen molar-refractivity contribution in [3.8, 4) is 0 Å². The van der Waals surface area contributed by atoms with E-state index < -0.39 is 28.9 Å². The van der Waals surface area contributed by atoms with Gasteiger partial charge < -0.3 is 14.2 Å². The van der Waals surface area contributed by atoms with E-state index in [4.69, 9.17) is 14.2 Å². The van der Waals surface area contributed by atoms with Gasteiger partial charge in [-0.25, -0.2) is 4.79 Å². The Kier molecular flexibility index (Phi) is 3.71. The van der Waals surface area contributed by atoms with Crippen molar-refractivity contribution in [2.24, 2.45) is 0 Å². The quantitative estimate of drug-likeness (QED) is 0.561. The molecule has 0 bridgehead atoms. The summed E-state index contributed by atoms with van der Waals surface area (Å²) < 4.78 is 20.9. The molecule has 0 radical (unpaired) electrons. The van der Waals surface area contributed by atoms with Crippen LogP contribution in [0.15, 0.2) is 21.9 Å². The zero-order chi connectivity index (χ0) is 16.2. The van der Waals surface area contributed by atoms with E-state index in [0.717, 1.165) is 30.1 Å². The van der Waals surface area contributed by atoms with Gasteiger partial charge in [-0.1, -0.05) is 22.6 Å². The normalized spacial score (nSPS) is 38.3. The smallest absolute Gasteiger partial charge is 0.330 e. The fourth-order valence-corrected chi connectivity index (χ4v) is 4.71. The first kappa shape index (κ1) is 15.8. The highest BCUT2D eigenvalue weighted by Crippen LogP contribution is 2.55. The number of nitrogens with one attached hydrogen (secondary N) is 1. The Bertz CT molecular complexity index is 725. The third-order valence-electron chi connectivity index (χ3n) is 5.07. The molecule has 0 unspecified atom stereocenters. The van der Waals surface area contributed by atoms with Crippen LogP contribution in [0.1, 0.15) is 38.8 Å². The summed E-state index contributed by atoms with van der Waals surface area (Å²) in [7, 11) is 0. The van der Waals surface area contributed by atoms with Crippen LogP contribution < -0.4 is 11.2 Å². The monoisotopic (exact) mass is 434 g/mol. The molecule has 1 aromatic heterocycles.